The maximum atomic E-state index is 12.6. The highest BCUT2D eigenvalue weighted by molar-refractivity contribution is 7.91. The zero-order valence-electron chi connectivity index (χ0n) is 16.3. The highest BCUT2D eigenvalue weighted by atomic mass is 35.5. The van der Waals surface area contributed by atoms with Crippen molar-refractivity contribution < 1.29 is 22.7 Å². The molecule has 7 nitrogen and oxygen atoms in total. The first-order chi connectivity index (χ1) is 14.4. The number of benzene rings is 1. The van der Waals surface area contributed by atoms with E-state index in [4.69, 9.17) is 21.1 Å². The van der Waals surface area contributed by atoms with E-state index < -0.39 is 10.0 Å². The third-order valence-electron chi connectivity index (χ3n) is 5.24. The normalized spacial score (nSPS) is 18.0. The van der Waals surface area contributed by atoms with E-state index in [0.717, 1.165) is 12.0 Å². The number of halogens is 1. The average molecular weight is 471 g/mol. The van der Waals surface area contributed by atoms with Gasteiger partial charge in [0.15, 0.2) is 11.5 Å². The summed E-state index contributed by atoms with van der Waals surface area (Å²) in [4.78, 5) is 12.6. The summed E-state index contributed by atoms with van der Waals surface area (Å²) in [5, 5.41) is 5.15. The van der Waals surface area contributed by atoms with Crippen LogP contribution in [0.15, 0.2) is 33.9 Å². The van der Waals surface area contributed by atoms with Crippen LogP contribution in [0.25, 0.3) is 0 Å². The van der Waals surface area contributed by atoms with Gasteiger partial charge in [-0.15, -0.1) is 11.3 Å². The summed E-state index contributed by atoms with van der Waals surface area (Å²) in [5.41, 5.74) is 0.829. The first-order valence-electron chi connectivity index (χ1n) is 9.84. The van der Waals surface area contributed by atoms with Gasteiger partial charge in [-0.25, -0.2) is 8.42 Å². The Bertz CT molecular complexity index is 1000. The van der Waals surface area contributed by atoms with Crippen molar-refractivity contribution in [2.75, 3.05) is 26.3 Å². The first kappa shape index (κ1) is 21.4. The molecule has 1 amide bonds. The van der Waals surface area contributed by atoms with Gasteiger partial charge in [0.25, 0.3) is 10.0 Å². The number of amides is 1. The quantitative estimate of drug-likeness (QED) is 0.724. The van der Waals surface area contributed by atoms with Crippen LogP contribution in [0.1, 0.15) is 24.8 Å². The minimum Gasteiger partial charge on any atom is -0.489 e. The Hall–Kier alpha value is -1.81. The van der Waals surface area contributed by atoms with Crippen LogP contribution in [-0.2, 0) is 21.4 Å². The number of thiophene rings is 1. The van der Waals surface area contributed by atoms with Gasteiger partial charge in [-0.05, 0) is 42.0 Å². The molecule has 30 heavy (non-hydrogen) atoms. The summed E-state index contributed by atoms with van der Waals surface area (Å²) >= 11 is 7.52. The topological polar surface area (TPSA) is 84.9 Å². The second kappa shape index (κ2) is 9.13. The summed E-state index contributed by atoms with van der Waals surface area (Å²) in [6.45, 7) is 2.13. The van der Waals surface area contributed by atoms with Crippen molar-refractivity contribution in [3.8, 4) is 11.5 Å². The molecule has 0 atom stereocenters. The number of ether oxygens (including phenoxy) is 2. The Morgan fingerprint density at radius 2 is 2.00 bits per heavy atom. The molecule has 1 aromatic carbocycles. The Balaban J connectivity index is 1.33. The fourth-order valence-electron chi connectivity index (χ4n) is 3.62. The smallest absolute Gasteiger partial charge is 0.252 e. The molecule has 2 aliphatic heterocycles. The van der Waals surface area contributed by atoms with Crippen LogP contribution < -0.4 is 14.8 Å². The van der Waals surface area contributed by atoms with Crippen LogP contribution in [0.3, 0.4) is 0 Å². The molecule has 3 heterocycles. The monoisotopic (exact) mass is 470 g/mol. The van der Waals surface area contributed by atoms with Crippen molar-refractivity contribution >= 4 is 38.9 Å². The highest BCUT2D eigenvalue weighted by Crippen LogP contribution is 2.38. The lowest BCUT2D eigenvalue weighted by Crippen LogP contribution is -2.42. The zero-order valence-corrected chi connectivity index (χ0v) is 18.7. The Morgan fingerprint density at radius 3 is 2.73 bits per heavy atom. The molecule has 0 radical (unpaired) electrons. The lowest BCUT2D eigenvalue weighted by molar-refractivity contribution is -0.126. The van der Waals surface area contributed by atoms with Crippen LogP contribution >= 0.6 is 22.9 Å². The molecule has 4 rings (SSSR count). The second-order valence-electron chi connectivity index (χ2n) is 7.28. The molecule has 10 heteroatoms. The van der Waals surface area contributed by atoms with Crippen LogP contribution in [0.4, 0.5) is 0 Å². The van der Waals surface area contributed by atoms with Gasteiger partial charge in [0.2, 0.25) is 5.91 Å². The van der Waals surface area contributed by atoms with Gasteiger partial charge in [0.05, 0.1) is 18.2 Å². The summed E-state index contributed by atoms with van der Waals surface area (Å²) in [5.74, 6) is 0.849. The van der Waals surface area contributed by atoms with Crippen LogP contribution in [0.2, 0.25) is 5.02 Å². The average Bonchev–Trinajstić information content (AvgIpc) is 3.19. The Labute approximate surface area is 185 Å². The van der Waals surface area contributed by atoms with Crippen molar-refractivity contribution in [3.63, 3.8) is 0 Å². The predicted octanol–water partition coefficient (Wildman–Crippen LogP) is 3.28. The van der Waals surface area contributed by atoms with E-state index in [9.17, 15) is 13.2 Å². The van der Waals surface area contributed by atoms with Gasteiger partial charge in [0.1, 0.15) is 4.21 Å². The van der Waals surface area contributed by atoms with Crippen molar-refractivity contribution in [1.29, 1.82) is 0 Å². The number of hydrogen-bond donors (Lipinski definition) is 1. The van der Waals surface area contributed by atoms with Crippen LogP contribution in [0, 0.1) is 5.92 Å². The lowest BCUT2D eigenvalue weighted by atomic mass is 9.97. The third-order valence-corrected chi connectivity index (χ3v) is 8.80. The molecule has 1 fully saturated rings. The van der Waals surface area contributed by atoms with Gasteiger partial charge in [-0.1, -0.05) is 17.7 Å². The van der Waals surface area contributed by atoms with Gasteiger partial charge in [-0.2, -0.15) is 4.31 Å². The Morgan fingerprint density at radius 1 is 1.23 bits per heavy atom. The zero-order chi connectivity index (χ0) is 21.1. The fourth-order valence-corrected chi connectivity index (χ4v) is 6.52. The van der Waals surface area contributed by atoms with E-state index in [2.05, 4.69) is 5.32 Å². The summed E-state index contributed by atoms with van der Waals surface area (Å²) in [6.07, 6.45) is 1.79. The molecule has 0 bridgehead atoms. The molecule has 1 N–H and O–H groups in total. The molecule has 0 saturated carbocycles. The lowest BCUT2D eigenvalue weighted by Gasteiger charge is -2.30. The van der Waals surface area contributed by atoms with Crippen molar-refractivity contribution in [2.24, 2.45) is 5.92 Å². The summed E-state index contributed by atoms with van der Waals surface area (Å²) in [7, 11) is -3.46. The standard InChI is InChI=1S/C20H23ClN2O5S2/c21-16-11-14(12-17-19(16)28-9-2-8-27-17)13-22-20(24)15-4-6-23(7-5-15)30(25,26)18-3-1-10-29-18/h1,3,10-12,15H,2,4-9,13H2,(H,22,24). The van der Waals surface area contributed by atoms with E-state index in [0.29, 0.717) is 66.4 Å². The second-order valence-corrected chi connectivity index (χ2v) is 10.8. The van der Waals surface area contributed by atoms with Gasteiger partial charge in [-0.3, -0.25) is 4.79 Å². The van der Waals surface area contributed by atoms with E-state index in [1.165, 1.54) is 15.6 Å². The number of fused-ring (bicyclic) bond motifs is 1. The third kappa shape index (κ3) is 4.59. The van der Waals surface area contributed by atoms with E-state index >= 15 is 0 Å². The van der Waals surface area contributed by atoms with E-state index in [-0.39, 0.29) is 11.8 Å². The van der Waals surface area contributed by atoms with Crippen molar-refractivity contribution in [2.45, 2.75) is 30.0 Å². The van der Waals surface area contributed by atoms with E-state index in [1.807, 2.05) is 6.07 Å². The van der Waals surface area contributed by atoms with Gasteiger partial charge in [0, 0.05) is 32.0 Å². The van der Waals surface area contributed by atoms with Crippen LogP contribution in [-0.4, -0.2) is 44.9 Å². The number of carbonyl (C=O) groups is 1. The molecule has 2 aromatic rings. The number of sulfonamides is 1. The van der Waals surface area contributed by atoms with Gasteiger partial charge < -0.3 is 14.8 Å². The highest BCUT2D eigenvalue weighted by Gasteiger charge is 2.32. The number of nitrogens with zero attached hydrogens (tertiary/aromatic N) is 1. The Kier molecular flexibility index (Phi) is 6.52. The molecule has 0 spiro atoms. The molecule has 0 unspecified atom stereocenters. The first-order valence-corrected chi connectivity index (χ1v) is 12.5. The fraction of sp³-hybridized carbons (Fsp3) is 0.450. The van der Waals surface area contributed by atoms with Crippen molar-refractivity contribution in [3.05, 3.63) is 40.2 Å². The molecule has 1 aromatic heterocycles. The molecule has 162 valence electrons. The number of piperidine rings is 1. The number of rotatable bonds is 5. The molecular weight excluding hydrogens is 448 g/mol. The molecular formula is C20H23ClN2O5S2. The number of nitrogens with one attached hydrogen (secondary N) is 1. The van der Waals surface area contributed by atoms with Crippen molar-refractivity contribution in [1.82, 2.24) is 9.62 Å². The predicted molar refractivity (Wildman–Crippen MR) is 115 cm³/mol. The maximum absolute atomic E-state index is 12.6. The van der Waals surface area contributed by atoms with E-state index in [1.54, 1.807) is 23.6 Å². The summed E-state index contributed by atoms with van der Waals surface area (Å²) in [6, 6.07) is 6.94. The SMILES string of the molecule is O=C(NCc1cc(Cl)c2c(c1)OCCCO2)C1CCN(S(=O)(=O)c2cccs2)CC1. The van der Waals surface area contributed by atoms with Gasteiger partial charge >= 0.3 is 0 Å². The summed E-state index contributed by atoms with van der Waals surface area (Å²) < 4.78 is 38.3. The minimum absolute atomic E-state index is 0.0774. The molecule has 0 aliphatic carbocycles. The number of carbonyl (C=O) groups excluding carboxylic acids is 1. The molecule has 2 aliphatic rings. The molecule has 1 saturated heterocycles. The largest absolute Gasteiger partial charge is 0.489 e. The number of hydrogen-bond acceptors (Lipinski definition) is 6. The maximum Gasteiger partial charge on any atom is 0.252 e. The minimum atomic E-state index is -3.46. The van der Waals surface area contributed by atoms with Crippen LogP contribution in [0.5, 0.6) is 11.5 Å².